The molecule has 0 aromatic rings. The number of aliphatic hydroxyl groups excluding tert-OH is 1. The van der Waals surface area contributed by atoms with Gasteiger partial charge < -0.3 is 24.1 Å². The molecule has 0 bridgehead atoms. The van der Waals surface area contributed by atoms with Crippen molar-refractivity contribution < 1.29 is 28.9 Å². The topological polar surface area (TPSA) is 85.2 Å². The summed E-state index contributed by atoms with van der Waals surface area (Å²) in [6, 6.07) is 0. The monoisotopic (exact) mass is 496 g/mol. The Hall–Kier alpha value is -0.993. The maximum atomic E-state index is 11.6. The molecule has 2 fully saturated rings. The molecule has 0 amide bonds. The smallest absolute Gasteiger partial charge is 0.306 e. The maximum absolute atomic E-state index is 11.6. The molecule has 0 aromatic heterocycles. The van der Waals surface area contributed by atoms with Gasteiger partial charge in [0, 0.05) is 19.4 Å². The van der Waals surface area contributed by atoms with Gasteiger partial charge in [-0.2, -0.15) is 0 Å². The zero-order valence-electron chi connectivity index (χ0n) is 21.8. The van der Waals surface area contributed by atoms with Crippen molar-refractivity contribution in [2.75, 3.05) is 13.2 Å². The van der Waals surface area contributed by atoms with Gasteiger partial charge in [0.1, 0.15) is 6.61 Å². The van der Waals surface area contributed by atoms with Gasteiger partial charge in [0.15, 0.2) is 14.6 Å². The van der Waals surface area contributed by atoms with Crippen LogP contribution in [0.5, 0.6) is 0 Å². The van der Waals surface area contributed by atoms with Gasteiger partial charge in [0.25, 0.3) is 0 Å². The van der Waals surface area contributed by atoms with Gasteiger partial charge in [-0.3, -0.25) is 4.79 Å². The fourth-order valence-electron chi connectivity index (χ4n) is 4.84. The third kappa shape index (κ3) is 9.23. The molecule has 1 aliphatic carbocycles. The van der Waals surface area contributed by atoms with Crippen molar-refractivity contribution >= 4 is 14.3 Å². The van der Waals surface area contributed by atoms with Gasteiger partial charge in [0.2, 0.25) is 0 Å². The summed E-state index contributed by atoms with van der Waals surface area (Å²) in [5.74, 6) is 0.166. The first-order chi connectivity index (χ1) is 16.0. The number of esters is 1. The Kier molecular flexibility index (Phi) is 12.0. The van der Waals surface area contributed by atoms with E-state index in [1.807, 2.05) is 13.1 Å². The molecule has 1 saturated heterocycles. The molecule has 196 valence electrons. The number of carbonyl (C=O) groups excluding carboxylic acids is 1. The largest absolute Gasteiger partial charge is 0.461 e. The van der Waals surface area contributed by atoms with Crippen LogP contribution in [0.25, 0.3) is 0 Å². The van der Waals surface area contributed by atoms with Crippen molar-refractivity contribution in [3.63, 3.8) is 0 Å². The second-order valence-electron chi connectivity index (χ2n) is 11.2. The molecular weight excluding hydrogens is 448 g/mol. The third-order valence-corrected chi connectivity index (χ3v) is 11.5. The van der Waals surface area contributed by atoms with Crippen LogP contribution in [-0.2, 0) is 19.0 Å². The Morgan fingerprint density at radius 3 is 2.65 bits per heavy atom. The summed E-state index contributed by atoms with van der Waals surface area (Å²) in [5, 5.41) is 10.8. The Morgan fingerprint density at radius 1 is 1.24 bits per heavy atom. The number of allylic oxidation sites excluding steroid dienone is 2. The summed E-state index contributed by atoms with van der Waals surface area (Å²) in [4.78, 5) is 22.4. The molecule has 1 unspecified atom stereocenters. The molecule has 1 heterocycles. The SMILES string of the molecule is C=CCOC(=O)CCC/C=C\C[C@@H]1[C@@H](CCC(C)(C)[Si](C)(C)O)[C@H](OC2CCCCO2)C[C@@H]1O. The van der Waals surface area contributed by atoms with E-state index in [4.69, 9.17) is 14.2 Å². The van der Waals surface area contributed by atoms with Gasteiger partial charge in [-0.25, -0.2) is 0 Å². The van der Waals surface area contributed by atoms with E-state index in [-0.39, 0.29) is 41.8 Å². The molecular formula is C27H48O6Si. The minimum absolute atomic E-state index is 0.0181. The van der Waals surface area contributed by atoms with Crippen molar-refractivity contribution in [1.29, 1.82) is 0 Å². The number of hydrogen-bond donors (Lipinski definition) is 2. The van der Waals surface area contributed by atoms with Gasteiger partial charge in [-0.15, -0.1) is 0 Å². The fourth-order valence-corrected chi connectivity index (χ4v) is 5.60. The molecule has 5 atom stereocenters. The summed E-state index contributed by atoms with van der Waals surface area (Å²) in [6.45, 7) is 12.9. The highest BCUT2D eigenvalue weighted by atomic mass is 28.4. The zero-order valence-corrected chi connectivity index (χ0v) is 22.8. The Labute approximate surface area is 207 Å². The van der Waals surface area contributed by atoms with Crippen molar-refractivity contribution in [3.05, 3.63) is 24.8 Å². The fraction of sp³-hybridized carbons (Fsp3) is 0.815. The van der Waals surface area contributed by atoms with Crippen LogP contribution >= 0.6 is 0 Å². The number of rotatable bonds is 14. The summed E-state index contributed by atoms with van der Waals surface area (Å²) >= 11 is 0. The van der Waals surface area contributed by atoms with E-state index in [1.165, 1.54) is 0 Å². The van der Waals surface area contributed by atoms with E-state index in [1.54, 1.807) is 6.08 Å². The zero-order chi connectivity index (χ0) is 25.2. The molecule has 2 N–H and O–H groups in total. The lowest BCUT2D eigenvalue weighted by molar-refractivity contribution is -0.196. The standard InChI is InChI=1S/C27H48O6Si/c1-6-18-31-25(29)14-10-8-7-9-13-21-22(16-17-27(2,3)34(4,5)30)24(20-23(21)28)33-26-15-11-12-19-32-26/h6-7,9,21-24,26,28,30H,1,8,10-20H2,2-5H3/b9-7-/t21-,22-,23+,24-,26?/m1/s1. The van der Waals surface area contributed by atoms with Gasteiger partial charge in [-0.05, 0) is 81.3 Å². The first-order valence-electron chi connectivity index (χ1n) is 13.1. The number of aliphatic hydroxyl groups is 1. The molecule has 34 heavy (non-hydrogen) atoms. The van der Waals surface area contributed by atoms with Gasteiger partial charge in [0.05, 0.1) is 12.2 Å². The molecule has 2 rings (SSSR count). The average Bonchev–Trinajstić information content (AvgIpc) is 3.07. The molecule has 1 saturated carbocycles. The Balaban J connectivity index is 1.95. The summed E-state index contributed by atoms with van der Waals surface area (Å²) < 4.78 is 17.2. The van der Waals surface area contributed by atoms with Crippen molar-refractivity contribution in [1.82, 2.24) is 0 Å². The molecule has 2 aliphatic rings. The maximum Gasteiger partial charge on any atom is 0.306 e. The first kappa shape index (κ1) is 29.2. The lowest BCUT2D eigenvalue weighted by Gasteiger charge is -2.37. The lowest BCUT2D eigenvalue weighted by atomic mass is 9.85. The predicted octanol–water partition coefficient (Wildman–Crippen LogP) is 5.50. The number of unbranched alkanes of at least 4 members (excludes halogenated alkanes) is 1. The highest BCUT2D eigenvalue weighted by Gasteiger charge is 2.45. The highest BCUT2D eigenvalue weighted by Crippen LogP contribution is 2.46. The van der Waals surface area contributed by atoms with E-state index < -0.39 is 14.4 Å². The first-order valence-corrected chi connectivity index (χ1v) is 16.1. The molecule has 1 aliphatic heterocycles. The summed E-state index contributed by atoms with van der Waals surface area (Å²) in [6.07, 6.45) is 13.6. The van der Waals surface area contributed by atoms with Crippen LogP contribution in [0.1, 0.15) is 78.1 Å². The summed E-state index contributed by atoms with van der Waals surface area (Å²) in [5.41, 5.74) is 0. The van der Waals surface area contributed by atoms with E-state index in [0.29, 0.717) is 12.8 Å². The molecule has 0 spiro atoms. The quantitative estimate of drug-likeness (QED) is 0.143. The molecule has 0 aromatic carbocycles. The van der Waals surface area contributed by atoms with Crippen molar-refractivity contribution in [2.24, 2.45) is 11.8 Å². The van der Waals surface area contributed by atoms with E-state index in [0.717, 1.165) is 58.0 Å². The predicted molar refractivity (Wildman–Crippen MR) is 138 cm³/mol. The Bertz CT molecular complexity index is 650. The van der Waals surface area contributed by atoms with Crippen LogP contribution in [0.2, 0.25) is 18.1 Å². The molecule has 7 heteroatoms. The van der Waals surface area contributed by atoms with Crippen LogP contribution in [0.3, 0.4) is 0 Å². The van der Waals surface area contributed by atoms with Crippen LogP contribution in [-0.4, -0.2) is 55.9 Å². The second kappa shape index (κ2) is 13.9. The second-order valence-corrected chi connectivity index (χ2v) is 15.6. The number of carbonyl (C=O) groups is 1. The normalized spacial score (nSPS) is 28.4. The van der Waals surface area contributed by atoms with E-state index >= 15 is 0 Å². The highest BCUT2D eigenvalue weighted by molar-refractivity contribution is 6.72. The van der Waals surface area contributed by atoms with E-state index in [2.05, 4.69) is 32.6 Å². The van der Waals surface area contributed by atoms with Crippen molar-refractivity contribution in [3.8, 4) is 0 Å². The van der Waals surface area contributed by atoms with Crippen LogP contribution < -0.4 is 0 Å². The van der Waals surface area contributed by atoms with Crippen LogP contribution in [0.4, 0.5) is 0 Å². The van der Waals surface area contributed by atoms with Crippen molar-refractivity contribution in [2.45, 2.75) is 115 Å². The number of hydrogen-bond acceptors (Lipinski definition) is 6. The molecule has 6 nitrogen and oxygen atoms in total. The molecule has 0 radical (unpaired) electrons. The van der Waals surface area contributed by atoms with E-state index in [9.17, 15) is 14.7 Å². The third-order valence-electron chi connectivity index (χ3n) is 7.91. The van der Waals surface area contributed by atoms with Gasteiger partial charge in [-0.1, -0.05) is 38.7 Å². The lowest BCUT2D eigenvalue weighted by Crippen LogP contribution is -2.40. The van der Waals surface area contributed by atoms with Gasteiger partial charge >= 0.3 is 5.97 Å². The average molecular weight is 497 g/mol. The summed E-state index contributed by atoms with van der Waals surface area (Å²) in [7, 11) is -2.30. The Morgan fingerprint density at radius 2 is 2.00 bits per heavy atom. The van der Waals surface area contributed by atoms with Crippen LogP contribution in [0.15, 0.2) is 24.8 Å². The number of ether oxygens (including phenoxy) is 3. The van der Waals surface area contributed by atoms with Crippen LogP contribution in [0, 0.1) is 11.8 Å². The minimum Gasteiger partial charge on any atom is -0.461 e. The minimum atomic E-state index is -2.30.